The van der Waals surface area contributed by atoms with Crippen LogP contribution in [0, 0.1) is 3.57 Å². The van der Waals surface area contributed by atoms with Crippen LogP contribution in [0.15, 0.2) is 29.6 Å². The van der Waals surface area contributed by atoms with Gasteiger partial charge in [-0.3, -0.25) is 4.79 Å². The third-order valence-corrected chi connectivity index (χ3v) is 5.73. The molecule has 98 valence electrons. The number of thiophene rings is 1. The fraction of sp³-hybridized carbons (Fsp3) is 0.267. The van der Waals surface area contributed by atoms with Crippen molar-refractivity contribution >= 4 is 51.3 Å². The third-order valence-electron chi connectivity index (χ3n) is 3.56. The summed E-state index contributed by atoms with van der Waals surface area (Å²) in [7, 11) is 0. The molecule has 0 saturated heterocycles. The predicted octanol–water partition coefficient (Wildman–Crippen LogP) is 5.31. The Morgan fingerprint density at radius 2 is 2.21 bits per heavy atom. The van der Waals surface area contributed by atoms with Gasteiger partial charge in [0.2, 0.25) is 0 Å². The first-order valence-corrected chi connectivity index (χ1v) is 8.56. The number of fused-ring (bicyclic) bond motifs is 1. The van der Waals surface area contributed by atoms with Gasteiger partial charge in [-0.15, -0.1) is 11.3 Å². The number of benzene rings is 1. The Morgan fingerprint density at radius 3 is 3.05 bits per heavy atom. The van der Waals surface area contributed by atoms with Crippen LogP contribution < -0.4 is 0 Å². The Hall–Kier alpha value is -0.390. The molecule has 1 aromatic carbocycles. The summed E-state index contributed by atoms with van der Waals surface area (Å²) in [5.41, 5.74) is 1.99. The monoisotopic (exact) mass is 402 g/mol. The van der Waals surface area contributed by atoms with Crippen LogP contribution in [0.2, 0.25) is 5.02 Å². The van der Waals surface area contributed by atoms with E-state index in [1.165, 1.54) is 10.4 Å². The zero-order chi connectivity index (χ0) is 13.4. The fourth-order valence-electron chi connectivity index (χ4n) is 2.63. The lowest BCUT2D eigenvalue weighted by Crippen LogP contribution is -2.18. The van der Waals surface area contributed by atoms with Crippen molar-refractivity contribution in [1.29, 1.82) is 0 Å². The number of Topliss-reactive ketones (excluding diaryl/α,β-unsaturated/α-hetero) is 1. The second-order valence-electron chi connectivity index (χ2n) is 4.73. The maximum atomic E-state index is 12.8. The summed E-state index contributed by atoms with van der Waals surface area (Å²) in [6.07, 6.45) is 3.16. The molecule has 0 N–H and O–H groups in total. The number of hydrogen-bond donors (Lipinski definition) is 0. The van der Waals surface area contributed by atoms with Crippen molar-refractivity contribution in [3.05, 3.63) is 54.2 Å². The molecular formula is C15H12ClIOS. The molecule has 1 aromatic heterocycles. The highest BCUT2D eigenvalue weighted by atomic mass is 127. The van der Waals surface area contributed by atoms with E-state index in [-0.39, 0.29) is 11.7 Å². The molecule has 0 radical (unpaired) electrons. The van der Waals surface area contributed by atoms with Gasteiger partial charge in [0, 0.05) is 25.0 Å². The standard InChI is InChI=1S/C15H12ClIOS/c16-9-4-5-13(17)12(8-9)15(18)11-2-1-3-14-10(11)6-7-19-14/h4-8,11H,1-3H2. The van der Waals surface area contributed by atoms with Gasteiger partial charge in [0.05, 0.1) is 0 Å². The second-order valence-corrected chi connectivity index (χ2v) is 7.33. The molecule has 0 fully saturated rings. The van der Waals surface area contributed by atoms with Gasteiger partial charge in [0.1, 0.15) is 0 Å². The first-order valence-electron chi connectivity index (χ1n) is 6.22. The largest absolute Gasteiger partial charge is 0.293 e. The Kier molecular flexibility index (Phi) is 3.96. The predicted molar refractivity (Wildman–Crippen MR) is 88.5 cm³/mol. The lowest BCUT2D eigenvalue weighted by atomic mass is 9.82. The van der Waals surface area contributed by atoms with E-state index in [1.54, 1.807) is 17.4 Å². The quantitative estimate of drug-likeness (QED) is 0.491. The molecule has 0 aliphatic heterocycles. The van der Waals surface area contributed by atoms with E-state index in [0.717, 1.165) is 28.4 Å². The van der Waals surface area contributed by atoms with Crippen LogP contribution in [0.5, 0.6) is 0 Å². The number of ketones is 1. The Labute approximate surface area is 135 Å². The van der Waals surface area contributed by atoms with E-state index in [4.69, 9.17) is 11.6 Å². The molecule has 4 heteroatoms. The lowest BCUT2D eigenvalue weighted by Gasteiger charge is -2.22. The number of hydrogen-bond acceptors (Lipinski definition) is 2. The van der Waals surface area contributed by atoms with Crippen molar-refractivity contribution in [1.82, 2.24) is 0 Å². The van der Waals surface area contributed by atoms with Gasteiger partial charge in [-0.25, -0.2) is 0 Å². The first kappa shape index (κ1) is 13.6. The van der Waals surface area contributed by atoms with Crippen molar-refractivity contribution in [2.24, 2.45) is 0 Å². The number of aryl methyl sites for hydroxylation is 1. The van der Waals surface area contributed by atoms with E-state index in [1.807, 2.05) is 12.1 Å². The van der Waals surface area contributed by atoms with E-state index in [0.29, 0.717) is 5.02 Å². The maximum Gasteiger partial charge on any atom is 0.171 e. The van der Waals surface area contributed by atoms with Gasteiger partial charge < -0.3 is 0 Å². The van der Waals surface area contributed by atoms with Crippen molar-refractivity contribution in [2.75, 3.05) is 0 Å². The summed E-state index contributed by atoms with van der Waals surface area (Å²) in [6.45, 7) is 0. The highest BCUT2D eigenvalue weighted by molar-refractivity contribution is 14.1. The van der Waals surface area contributed by atoms with E-state index in [9.17, 15) is 4.79 Å². The minimum atomic E-state index is 0.0157. The summed E-state index contributed by atoms with van der Waals surface area (Å²) in [5, 5.41) is 2.73. The van der Waals surface area contributed by atoms with Crippen LogP contribution in [0.4, 0.5) is 0 Å². The molecule has 0 saturated carbocycles. The van der Waals surface area contributed by atoms with Crippen LogP contribution in [0.1, 0.15) is 39.6 Å². The highest BCUT2D eigenvalue weighted by Gasteiger charge is 2.29. The molecule has 1 nitrogen and oxygen atoms in total. The summed E-state index contributed by atoms with van der Waals surface area (Å²) < 4.78 is 0.981. The summed E-state index contributed by atoms with van der Waals surface area (Å²) in [5.74, 6) is 0.230. The zero-order valence-electron chi connectivity index (χ0n) is 10.2. The number of halogens is 2. The van der Waals surface area contributed by atoms with Crippen LogP contribution in [-0.2, 0) is 6.42 Å². The van der Waals surface area contributed by atoms with E-state index >= 15 is 0 Å². The maximum absolute atomic E-state index is 12.8. The summed E-state index contributed by atoms with van der Waals surface area (Å²) in [4.78, 5) is 14.2. The Morgan fingerprint density at radius 1 is 1.37 bits per heavy atom. The van der Waals surface area contributed by atoms with Crippen LogP contribution >= 0.6 is 45.5 Å². The van der Waals surface area contributed by atoms with Gasteiger partial charge >= 0.3 is 0 Å². The van der Waals surface area contributed by atoms with Crippen LogP contribution in [-0.4, -0.2) is 5.78 Å². The molecule has 1 atom stereocenters. The molecule has 1 heterocycles. The average Bonchev–Trinajstić information content (AvgIpc) is 2.89. The van der Waals surface area contributed by atoms with Gasteiger partial charge in [-0.2, -0.15) is 0 Å². The number of carbonyl (C=O) groups is 1. The molecule has 19 heavy (non-hydrogen) atoms. The summed E-state index contributed by atoms with van der Waals surface area (Å²) >= 11 is 10.0. The second kappa shape index (κ2) is 5.54. The number of rotatable bonds is 2. The molecular weight excluding hydrogens is 391 g/mol. The molecule has 1 aliphatic carbocycles. The van der Waals surface area contributed by atoms with E-state index < -0.39 is 0 Å². The van der Waals surface area contributed by atoms with Crippen molar-refractivity contribution in [3.63, 3.8) is 0 Å². The highest BCUT2D eigenvalue weighted by Crippen LogP contribution is 2.37. The fourth-order valence-corrected chi connectivity index (χ4v) is 4.39. The molecule has 2 aromatic rings. The number of carbonyl (C=O) groups excluding carboxylic acids is 1. The molecule has 0 bridgehead atoms. The van der Waals surface area contributed by atoms with Gasteiger partial charge in [0.15, 0.2) is 5.78 Å². The van der Waals surface area contributed by atoms with Crippen molar-refractivity contribution < 1.29 is 4.79 Å². The van der Waals surface area contributed by atoms with Gasteiger partial charge in [-0.05, 0) is 77.1 Å². The summed E-state index contributed by atoms with van der Waals surface area (Å²) in [6, 6.07) is 7.65. The Balaban J connectivity index is 2.00. The first-order chi connectivity index (χ1) is 9.16. The molecule has 3 rings (SSSR count). The minimum absolute atomic E-state index is 0.0157. The SMILES string of the molecule is O=C(c1cc(Cl)ccc1I)C1CCCc2sccc21. The molecule has 1 aliphatic rings. The van der Waals surface area contributed by atoms with E-state index in [2.05, 4.69) is 34.0 Å². The van der Waals surface area contributed by atoms with Crippen molar-refractivity contribution in [3.8, 4) is 0 Å². The van der Waals surface area contributed by atoms with Crippen LogP contribution in [0.25, 0.3) is 0 Å². The molecule has 1 unspecified atom stereocenters. The van der Waals surface area contributed by atoms with Crippen LogP contribution in [0.3, 0.4) is 0 Å². The van der Waals surface area contributed by atoms with Gasteiger partial charge in [0.25, 0.3) is 0 Å². The minimum Gasteiger partial charge on any atom is -0.293 e. The molecule has 0 spiro atoms. The Bertz CT molecular complexity index is 635. The third kappa shape index (κ3) is 2.60. The topological polar surface area (TPSA) is 17.1 Å². The normalized spacial score (nSPS) is 18.1. The average molecular weight is 403 g/mol. The smallest absolute Gasteiger partial charge is 0.171 e. The zero-order valence-corrected chi connectivity index (χ0v) is 13.9. The molecule has 0 amide bonds. The van der Waals surface area contributed by atoms with Crippen molar-refractivity contribution in [2.45, 2.75) is 25.2 Å². The van der Waals surface area contributed by atoms with Gasteiger partial charge in [-0.1, -0.05) is 11.6 Å². The lowest BCUT2D eigenvalue weighted by molar-refractivity contribution is 0.0950.